The smallest absolute Gasteiger partial charge is 0.190 e. The highest BCUT2D eigenvalue weighted by Gasteiger charge is 2.13. The Morgan fingerprint density at radius 1 is 1.28 bits per heavy atom. The summed E-state index contributed by atoms with van der Waals surface area (Å²) < 4.78 is 13.4. The lowest BCUT2D eigenvalue weighted by Gasteiger charge is -2.02. The number of halogens is 1. The zero-order chi connectivity index (χ0) is 13.0. The first-order valence-electron chi connectivity index (χ1n) is 5.78. The van der Waals surface area contributed by atoms with Crippen molar-refractivity contribution in [1.82, 2.24) is 9.97 Å². The first-order chi connectivity index (χ1) is 8.70. The number of carbonyl (C=O) groups excluding carboxylic acids is 1. The van der Waals surface area contributed by atoms with E-state index in [1.54, 1.807) is 12.3 Å². The quantitative estimate of drug-likeness (QED) is 0.776. The fourth-order valence-corrected chi connectivity index (χ4v) is 1.61. The molecule has 0 saturated heterocycles. The lowest BCUT2D eigenvalue weighted by Crippen LogP contribution is -2.09. The monoisotopic (exact) mass is 244 g/mol. The molecule has 0 unspecified atom stereocenters. The Labute approximate surface area is 105 Å². The lowest BCUT2D eigenvalue weighted by atomic mass is 10.1. The van der Waals surface area contributed by atoms with E-state index in [1.165, 1.54) is 18.3 Å². The third-order valence-electron chi connectivity index (χ3n) is 2.66. The zero-order valence-electron chi connectivity index (χ0n) is 10.1. The van der Waals surface area contributed by atoms with Crippen LogP contribution < -0.4 is 0 Å². The minimum atomic E-state index is -0.590. The number of aromatic nitrogens is 2. The normalized spacial score (nSPS) is 10.3. The van der Waals surface area contributed by atoms with Crippen molar-refractivity contribution in [1.29, 1.82) is 0 Å². The SMILES string of the molecule is CCc1ccc(CC(=O)c2ncccc2F)nc1. The van der Waals surface area contributed by atoms with Gasteiger partial charge in [0.25, 0.3) is 0 Å². The van der Waals surface area contributed by atoms with Crippen molar-refractivity contribution in [3.05, 3.63) is 59.4 Å². The molecule has 0 spiro atoms. The molecule has 0 N–H and O–H groups in total. The molecule has 2 aromatic rings. The van der Waals surface area contributed by atoms with E-state index in [0.717, 1.165) is 12.0 Å². The number of nitrogens with zero attached hydrogens (tertiary/aromatic N) is 2. The van der Waals surface area contributed by atoms with Gasteiger partial charge in [-0.3, -0.25) is 14.8 Å². The number of aryl methyl sites for hydroxylation is 1. The summed E-state index contributed by atoms with van der Waals surface area (Å²) in [6, 6.07) is 6.40. The Hall–Kier alpha value is -2.10. The first kappa shape index (κ1) is 12.4. The van der Waals surface area contributed by atoms with E-state index < -0.39 is 5.82 Å². The number of carbonyl (C=O) groups is 1. The molecule has 0 bridgehead atoms. The van der Waals surface area contributed by atoms with Gasteiger partial charge < -0.3 is 0 Å². The van der Waals surface area contributed by atoms with E-state index >= 15 is 0 Å². The summed E-state index contributed by atoms with van der Waals surface area (Å²) in [6.45, 7) is 2.03. The van der Waals surface area contributed by atoms with Gasteiger partial charge in [-0.05, 0) is 30.2 Å². The molecular formula is C14H13FN2O. The van der Waals surface area contributed by atoms with Crippen LogP contribution in [0.15, 0.2) is 36.7 Å². The van der Waals surface area contributed by atoms with Crippen LogP contribution in [0.1, 0.15) is 28.7 Å². The summed E-state index contributed by atoms with van der Waals surface area (Å²) in [5.41, 5.74) is 1.61. The molecule has 4 heteroatoms. The highest BCUT2D eigenvalue weighted by molar-refractivity contribution is 5.95. The maximum absolute atomic E-state index is 13.4. The van der Waals surface area contributed by atoms with Gasteiger partial charge in [-0.1, -0.05) is 13.0 Å². The zero-order valence-corrected chi connectivity index (χ0v) is 10.1. The third-order valence-corrected chi connectivity index (χ3v) is 2.66. The number of ketones is 1. The molecule has 18 heavy (non-hydrogen) atoms. The molecule has 0 aliphatic heterocycles. The molecule has 0 atom stereocenters. The lowest BCUT2D eigenvalue weighted by molar-refractivity contribution is 0.0983. The fourth-order valence-electron chi connectivity index (χ4n) is 1.61. The van der Waals surface area contributed by atoms with Gasteiger partial charge in [0.1, 0.15) is 5.69 Å². The van der Waals surface area contributed by atoms with Gasteiger partial charge in [-0.2, -0.15) is 0 Å². The van der Waals surface area contributed by atoms with E-state index in [1.807, 2.05) is 13.0 Å². The van der Waals surface area contributed by atoms with Crippen LogP contribution in [0.4, 0.5) is 4.39 Å². The standard InChI is InChI=1S/C14H13FN2O/c1-2-10-5-6-11(17-9-10)8-13(18)14-12(15)4-3-7-16-14/h3-7,9H,2,8H2,1H3. The largest absolute Gasteiger partial charge is 0.292 e. The highest BCUT2D eigenvalue weighted by atomic mass is 19.1. The van der Waals surface area contributed by atoms with Gasteiger partial charge in [0.15, 0.2) is 11.6 Å². The number of hydrogen-bond donors (Lipinski definition) is 0. The van der Waals surface area contributed by atoms with Crippen LogP contribution in [0.5, 0.6) is 0 Å². The molecule has 0 amide bonds. The predicted molar refractivity (Wildman–Crippen MR) is 65.8 cm³/mol. The van der Waals surface area contributed by atoms with E-state index in [-0.39, 0.29) is 17.9 Å². The second-order valence-electron chi connectivity index (χ2n) is 3.95. The van der Waals surface area contributed by atoms with Crippen molar-refractivity contribution in [3.63, 3.8) is 0 Å². The van der Waals surface area contributed by atoms with Crippen LogP contribution in [0.25, 0.3) is 0 Å². The van der Waals surface area contributed by atoms with Crippen molar-refractivity contribution in [3.8, 4) is 0 Å². The maximum atomic E-state index is 13.4. The van der Waals surface area contributed by atoms with Crippen molar-refractivity contribution >= 4 is 5.78 Å². The van der Waals surface area contributed by atoms with Crippen LogP contribution in [0.2, 0.25) is 0 Å². The number of hydrogen-bond acceptors (Lipinski definition) is 3. The Bertz CT molecular complexity index is 552. The summed E-state index contributed by atoms with van der Waals surface area (Å²) >= 11 is 0. The summed E-state index contributed by atoms with van der Waals surface area (Å²) in [6.07, 6.45) is 4.11. The van der Waals surface area contributed by atoms with E-state index in [0.29, 0.717) is 5.69 Å². The van der Waals surface area contributed by atoms with Crippen molar-refractivity contribution in [2.24, 2.45) is 0 Å². The molecule has 0 aliphatic rings. The minimum Gasteiger partial charge on any atom is -0.292 e. The van der Waals surface area contributed by atoms with Gasteiger partial charge >= 0.3 is 0 Å². The van der Waals surface area contributed by atoms with Crippen LogP contribution in [-0.4, -0.2) is 15.8 Å². The Morgan fingerprint density at radius 3 is 2.72 bits per heavy atom. The number of Topliss-reactive ketones (excluding diaryl/α,β-unsaturated/α-hetero) is 1. The predicted octanol–water partition coefficient (Wildman–Crippen LogP) is 2.60. The second kappa shape index (κ2) is 5.49. The third kappa shape index (κ3) is 2.77. The maximum Gasteiger partial charge on any atom is 0.190 e. The Kier molecular flexibility index (Phi) is 3.77. The summed E-state index contributed by atoms with van der Waals surface area (Å²) in [5.74, 6) is -0.947. The van der Waals surface area contributed by atoms with Crippen LogP contribution in [-0.2, 0) is 12.8 Å². The molecule has 0 aliphatic carbocycles. The van der Waals surface area contributed by atoms with Crippen molar-refractivity contribution < 1.29 is 9.18 Å². The molecule has 0 aromatic carbocycles. The average molecular weight is 244 g/mol. The molecule has 0 radical (unpaired) electrons. The average Bonchev–Trinajstić information content (AvgIpc) is 2.40. The molecule has 92 valence electrons. The van der Waals surface area contributed by atoms with Crippen molar-refractivity contribution in [2.75, 3.05) is 0 Å². The second-order valence-corrected chi connectivity index (χ2v) is 3.95. The van der Waals surface area contributed by atoms with E-state index in [4.69, 9.17) is 0 Å². The summed E-state index contributed by atoms with van der Waals surface area (Å²) in [5, 5.41) is 0. The van der Waals surface area contributed by atoms with Crippen LogP contribution in [0.3, 0.4) is 0 Å². The Balaban J connectivity index is 2.14. The van der Waals surface area contributed by atoms with Gasteiger partial charge in [-0.15, -0.1) is 0 Å². The fraction of sp³-hybridized carbons (Fsp3) is 0.214. The van der Waals surface area contributed by atoms with Gasteiger partial charge in [-0.25, -0.2) is 4.39 Å². The highest BCUT2D eigenvalue weighted by Crippen LogP contribution is 2.08. The molecule has 2 aromatic heterocycles. The van der Waals surface area contributed by atoms with Crippen molar-refractivity contribution in [2.45, 2.75) is 19.8 Å². The van der Waals surface area contributed by atoms with E-state index in [9.17, 15) is 9.18 Å². The van der Waals surface area contributed by atoms with E-state index in [2.05, 4.69) is 9.97 Å². The number of rotatable bonds is 4. The number of pyridine rings is 2. The molecule has 0 fully saturated rings. The summed E-state index contributed by atoms with van der Waals surface area (Å²) in [4.78, 5) is 19.8. The topological polar surface area (TPSA) is 42.9 Å². The molecule has 3 nitrogen and oxygen atoms in total. The van der Waals surface area contributed by atoms with Gasteiger partial charge in [0.05, 0.1) is 6.42 Å². The van der Waals surface area contributed by atoms with Crippen LogP contribution >= 0.6 is 0 Å². The Morgan fingerprint density at radius 2 is 2.11 bits per heavy atom. The molecule has 2 heterocycles. The first-order valence-corrected chi connectivity index (χ1v) is 5.78. The molecule has 2 rings (SSSR count). The minimum absolute atomic E-state index is 0.0674. The van der Waals surface area contributed by atoms with Gasteiger partial charge in [0, 0.05) is 18.1 Å². The summed E-state index contributed by atoms with van der Waals surface area (Å²) in [7, 11) is 0. The molecule has 0 saturated carbocycles. The van der Waals surface area contributed by atoms with Gasteiger partial charge in [0.2, 0.25) is 0 Å². The van der Waals surface area contributed by atoms with Crippen LogP contribution in [0, 0.1) is 5.82 Å². The molecular weight excluding hydrogens is 231 g/mol.